The molecule has 2 N–H and O–H groups in total. The van der Waals surface area contributed by atoms with E-state index in [0.29, 0.717) is 10.6 Å². The fourth-order valence-electron chi connectivity index (χ4n) is 3.98. The normalized spacial score (nSPS) is 16.1. The first kappa shape index (κ1) is 17.0. The largest absolute Gasteiger partial charge is 0.356 e. The van der Waals surface area contributed by atoms with Crippen LogP contribution in [0.3, 0.4) is 0 Å². The smallest absolute Gasteiger partial charge is 0.253 e. The molecule has 1 aliphatic carbocycles. The molecule has 0 aliphatic heterocycles. The van der Waals surface area contributed by atoms with E-state index in [1.807, 2.05) is 12.1 Å². The number of aromatic amines is 1. The zero-order valence-corrected chi connectivity index (χ0v) is 15.8. The number of para-hydroxylation sites is 1. The van der Waals surface area contributed by atoms with Crippen LogP contribution < -0.4 is 5.32 Å². The van der Waals surface area contributed by atoms with E-state index in [1.165, 1.54) is 10.9 Å². The maximum absolute atomic E-state index is 13.0. The molecule has 1 aliphatic rings. The molecule has 7 heteroatoms. The average Bonchev–Trinajstić information content (AvgIpc) is 3.37. The van der Waals surface area contributed by atoms with Gasteiger partial charge in [0.05, 0.1) is 16.6 Å². The van der Waals surface area contributed by atoms with Crippen LogP contribution in [0.15, 0.2) is 55.1 Å². The number of amides is 1. The van der Waals surface area contributed by atoms with Crippen LogP contribution >= 0.6 is 11.6 Å². The van der Waals surface area contributed by atoms with Crippen LogP contribution in [0.5, 0.6) is 0 Å². The Hall–Kier alpha value is -3.12. The first-order valence-electron chi connectivity index (χ1n) is 9.25. The molecule has 5 rings (SSSR count). The Morgan fingerprint density at radius 3 is 2.86 bits per heavy atom. The van der Waals surface area contributed by atoms with Gasteiger partial charge in [-0.3, -0.25) is 9.36 Å². The molecule has 1 amide bonds. The maximum atomic E-state index is 13.0. The van der Waals surface area contributed by atoms with Gasteiger partial charge in [-0.1, -0.05) is 29.8 Å². The van der Waals surface area contributed by atoms with E-state index in [4.69, 9.17) is 11.6 Å². The summed E-state index contributed by atoms with van der Waals surface area (Å²) in [7, 11) is 0. The minimum atomic E-state index is -0.184. The third-order valence-electron chi connectivity index (χ3n) is 5.33. The number of nitrogens with zero attached hydrogens (tertiary/aromatic N) is 3. The van der Waals surface area contributed by atoms with Crippen molar-refractivity contribution >= 4 is 28.4 Å². The number of benzene rings is 2. The number of halogens is 1. The Morgan fingerprint density at radius 1 is 1.18 bits per heavy atom. The second-order valence-electron chi connectivity index (χ2n) is 7.01. The van der Waals surface area contributed by atoms with Gasteiger partial charge in [-0.05, 0) is 49.1 Å². The quantitative estimate of drug-likeness (QED) is 0.549. The zero-order valence-electron chi connectivity index (χ0n) is 15.0. The number of H-pyrrole nitrogens is 1. The molecule has 0 saturated carbocycles. The summed E-state index contributed by atoms with van der Waals surface area (Å²) in [5, 5.41) is 12.4. The lowest BCUT2D eigenvalue weighted by Gasteiger charge is -2.24. The van der Waals surface area contributed by atoms with Gasteiger partial charge in [-0.25, -0.2) is 0 Å². The van der Waals surface area contributed by atoms with Gasteiger partial charge < -0.3 is 10.3 Å². The second-order valence-corrected chi connectivity index (χ2v) is 7.42. The zero-order chi connectivity index (χ0) is 19.1. The number of fused-ring (bicyclic) bond motifs is 3. The minimum Gasteiger partial charge on any atom is -0.356 e. The maximum Gasteiger partial charge on any atom is 0.253 e. The number of rotatable bonds is 3. The van der Waals surface area contributed by atoms with E-state index < -0.39 is 0 Å². The third-order valence-corrected chi connectivity index (χ3v) is 5.66. The highest BCUT2D eigenvalue weighted by Gasteiger charge is 2.26. The molecular weight excluding hydrogens is 374 g/mol. The molecule has 4 aromatic rings. The van der Waals surface area contributed by atoms with Gasteiger partial charge in [0.15, 0.2) is 0 Å². The number of nitrogens with one attached hydrogen (secondary N) is 2. The Bertz CT molecular complexity index is 1160. The van der Waals surface area contributed by atoms with Crippen molar-refractivity contribution in [2.24, 2.45) is 0 Å². The Morgan fingerprint density at radius 2 is 2.00 bits per heavy atom. The third kappa shape index (κ3) is 2.86. The lowest BCUT2D eigenvalue weighted by molar-refractivity contribution is 0.0932. The number of carbonyl (C=O) groups excluding carboxylic acids is 1. The fraction of sp³-hybridized carbons (Fsp3) is 0.190. The van der Waals surface area contributed by atoms with Crippen LogP contribution in [0.2, 0.25) is 5.02 Å². The van der Waals surface area contributed by atoms with Crippen molar-refractivity contribution < 1.29 is 4.79 Å². The predicted octanol–water partition coefficient (Wildman–Crippen LogP) is 4.21. The summed E-state index contributed by atoms with van der Waals surface area (Å²) in [5.41, 5.74) is 4.75. The lowest BCUT2D eigenvalue weighted by Crippen LogP contribution is -2.31. The van der Waals surface area contributed by atoms with Crippen LogP contribution in [0.4, 0.5) is 0 Å². The Balaban J connectivity index is 1.46. The number of aryl methyl sites for hydroxylation is 1. The predicted molar refractivity (Wildman–Crippen MR) is 108 cm³/mol. The van der Waals surface area contributed by atoms with Crippen molar-refractivity contribution in [3.8, 4) is 5.69 Å². The van der Waals surface area contributed by atoms with Crippen molar-refractivity contribution in [1.29, 1.82) is 0 Å². The molecule has 2 heterocycles. The Labute approximate surface area is 166 Å². The molecular formula is C21H18ClN5O. The fourth-order valence-corrected chi connectivity index (χ4v) is 4.18. The SMILES string of the molecule is O=C(N[C@@H]1CCCc2c1[nH]c1ccccc21)c1cc(-n2cnnc2)ccc1Cl. The standard InChI is InChI=1S/C21H18ClN5O/c22-17-9-8-13(27-11-23-24-12-27)10-16(17)21(28)26-19-7-3-5-15-14-4-1-2-6-18(14)25-20(15)19/h1-2,4,6,8-12,19,25H,3,5,7H2,(H,26,28)/t19-/m1/s1. The topological polar surface area (TPSA) is 75.6 Å². The van der Waals surface area contributed by atoms with Gasteiger partial charge in [0.25, 0.3) is 5.91 Å². The summed E-state index contributed by atoms with van der Waals surface area (Å²) in [4.78, 5) is 16.5. The van der Waals surface area contributed by atoms with Crippen molar-refractivity contribution in [3.63, 3.8) is 0 Å². The number of hydrogen-bond acceptors (Lipinski definition) is 3. The minimum absolute atomic E-state index is 0.0571. The highest BCUT2D eigenvalue weighted by Crippen LogP contribution is 2.35. The summed E-state index contributed by atoms with van der Waals surface area (Å²) in [6.07, 6.45) is 6.13. The van der Waals surface area contributed by atoms with Crippen LogP contribution in [0.25, 0.3) is 16.6 Å². The van der Waals surface area contributed by atoms with Crippen molar-refractivity contribution in [1.82, 2.24) is 25.1 Å². The van der Waals surface area contributed by atoms with Gasteiger partial charge in [0.2, 0.25) is 0 Å². The molecule has 0 unspecified atom stereocenters. The average molecular weight is 392 g/mol. The molecule has 1 atom stereocenters. The number of carbonyl (C=O) groups is 1. The highest BCUT2D eigenvalue weighted by molar-refractivity contribution is 6.33. The molecule has 2 aromatic heterocycles. The Kier molecular flexibility index (Phi) is 4.13. The monoisotopic (exact) mass is 391 g/mol. The molecule has 0 fully saturated rings. The van der Waals surface area contributed by atoms with Crippen LogP contribution in [0, 0.1) is 0 Å². The number of hydrogen-bond donors (Lipinski definition) is 2. The molecule has 0 bridgehead atoms. The second kappa shape index (κ2) is 6.80. The molecule has 0 radical (unpaired) electrons. The van der Waals surface area contributed by atoms with Crippen molar-refractivity contribution in [3.05, 3.63) is 77.0 Å². The molecule has 0 saturated heterocycles. The van der Waals surface area contributed by atoms with Gasteiger partial charge in [0.1, 0.15) is 12.7 Å². The summed E-state index contributed by atoms with van der Waals surface area (Å²) in [5.74, 6) is -0.184. The van der Waals surface area contributed by atoms with Crippen LogP contribution in [-0.4, -0.2) is 25.7 Å². The summed E-state index contributed by atoms with van der Waals surface area (Å²) >= 11 is 6.33. The lowest BCUT2D eigenvalue weighted by atomic mass is 9.91. The highest BCUT2D eigenvalue weighted by atomic mass is 35.5. The molecule has 140 valence electrons. The summed E-state index contributed by atoms with van der Waals surface area (Å²) in [6.45, 7) is 0. The molecule has 6 nitrogen and oxygen atoms in total. The first-order valence-corrected chi connectivity index (χ1v) is 9.63. The van der Waals surface area contributed by atoms with Gasteiger partial charge >= 0.3 is 0 Å². The van der Waals surface area contributed by atoms with Crippen LogP contribution in [-0.2, 0) is 6.42 Å². The van der Waals surface area contributed by atoms with E-state index in [2.05, 4.69) is 38.7 Å². The summed E-state index contributed by atoms with van der Waals surface area (Å²) in [6, 6.07) is 13.5. The summed E-state index contributed by atoms with van der Waals surface area (Å²) < 4.78 is 1.74. The van der Waals surface area contributed by atoms with Gasteiger partial charge in [-0.2, -0.15) is 0 Å². The van der Waals surface area contributed by atoms with Crippen molar-refractivity contribution in [2.45, 2.75) is 25.3 Å². The van der Waals surface area contributed by atoms with Crippen LogP contribution in [0.1, 0.15) is 40.5 Å². The van der Waals surface area contributed by atoms with Gasteiger partial charge in [-0.15, -0.1) is 10.2 Å². The van der Waals surface area contributed by atoms with E-state index in [1.54, 1.807) is 29.4 Å². The van der Waals surface area contributed by atoms with Gasteiger partial charge in [0, 0.05) is 22.3 Å². The van der Waals surface area contributed by atoms with E-state index in [-0.39, 0.29) is 11.9 Å². The molecule has 2 aromatic carbocycles. The molecule has 28 heavy (non-hydrogen) atoms. The van der Waals surface area contributed by atoms with Crippen molar-refractivity contribution in [2.75, 3.05) is 0 Å². The van der Waals surface area contributed by atoms with E-state index >= 15 is 0 Å². The van der Waals surface area contributed by atoms with E-state index in [9.17, 15) is 4.79 Å². The number of aromatic nitrogens is 4. The first-order chi connectivity index (χ1) is 13.7. The molecule has 0 spiro atoms. The van der Waals surface area contributed by atoms with E-state index in [0.717, 1.165) is 36.2 Å².